The van der Waals surface area contributed by atoms with Crippen molar-refractivity contribution in [2.24, 2.45) is 10.8 Å². The first-order chi connectivity index (χ1) is 8.21. The van der Waals surface area contributed by atoms with E-state index in [1.807, 2.05) is 0 Å². The second kappa shape index (κ2) is 9.21. The molecule has 0 aromatic rings. The van der Waals surface area contributed by atoms with E-state index in [4.69, 9.17) is 0 Å². The number of allylic oxidation sites excluding steroid dienone is 8. The average molecular weight is 370 g/mol. The molecule has 0 bridgehead atoms. The van der Waals surface area contributed by atoms with Crippen LogP contribution in [0.25, 0.3) is 0 Å². The SMILES string of the molecule is CC(C)(C)C1=[C-]CC=C1.CC(C)(C)C1=[C-]CC=C1.Cl.[Zr+2]. The fourth-order valence-corrected chi connectivity index (χ4v) is 1.84. The van der Waals surface area contributed by atoms with Gasteiger partial charge in [-0.25, -0.2) is 23.3 Å². The molecule has 0 N–H and O–H groups in total. The van der Waals surface area contributed by atoms with Crippen molar-refractivity contribution in [3.8, 4) is 0 Å². The summed E-state index contributed by atoms with van der Waals surface area (Å²) in [6, 6.07) is 0. The van der Waals surface area contributed by atoms with Crippen LogP contribution in [0.15, 0.2) is 35.5 Å². The van der Waals surface area contributed by atoms with Gasteiger partial charge in [0.1, 0.15) is 0 Å². The first-order valence-electron chi connectivity index (χ1n) is 6.77. The van der Waals surface area contributed by atoms with Crippen LogP contribution < -0.4 is 0 Å². The van der Waals surface area contributed by atoms with E-state index in [0.29, 0.717) is 10.8 Å². The molecule has 110 valence electrons. The standard InChI is InChI=1S/2C9H13.ClH.Zr/c2*1-9(2,3)8-6-4-5-7-8;;/h2*4,6H,5H2,1-3H3;1H;/q2*-1;;+2. The van der Waals surface area contributed by atoms with Gasteiger partial charge in [0.25, 0.3) is 0 Å². The van der Waals surface area contributed by atoms with E-state index in [9.17, 15) is 0 Å². The molecule has 20 heavy (non-hydrogen) atoms. The predicted octanol–water partition coefficient (Wildman–Crippen LogP) is 5.86. The van der Waals surface area contributed by atoms with E-state index in [-0.39, 0.29) is 38.6 Å². The topological polar surface area (TPSA) is 0 Å². The second-order valence-electron chi connectivity index (χ2n) is 6.89. The molecular formula is C18H27ClZr. The van der Waals surface area contributed by atoms with Crippen LogP contribution in [0.4, 0.5) is 0 Å². The number of hydrogen-bond acceptors (Lipinski definition) is 0. The fourth-order valence-electron chi connectivity index (χ4n) is 1.84. The number of rotatable bonds is 0. The normalized spacial score (nSPS) is 16.5. The molecule has 0 fully saturated rings. The van der Waals surface area contributed by atoms with E-state index >= 15 is 0 Å². The molecular weight excluding hydrogens is 343 g/mol. The zero-order valence-corrected chi connectivity index (χ0v) is 16.9. The second-order valence-corrected chi connectivity index (χ2v) is 6.89. The number of hydrogen-bond donors (Lipinski definition) is 0. The summed E-state index contributed by atoms with van der Waals surface area (Å²) in [5, 5.41) is 0. The maximum atomic E-state index is 3.30. The van der Waals surface area contributed by atoms with Gasteiger partial charge < -0.3 is 0 Å². The van der Waals surface area contributed by atoms with Gasteiger partial charge in [-0.1, -0.05) is 41.5 Å². The molecule has 2 rings (SSSR count). The third-order valence-electron chi connectivity index (χ3n) is 3.01. The molecule has 0 radical (unpaired) electrons. The minimum atomic E-state index is 0. The first kappa shape index (κ1) is 22.4. The molecule has 2 aliphatic carbocycles. The van der Waals surface area contributed by atoms with Gasteiger partial charge >= 0.3 is 26.2 Å². The van der Waals surface area contributed by atoms with Crippen LogP contribution in [0.2, 0.25) is 0 Å². The van der Waals surface area contributed by atoms with Crippen molar-refractivity contribution in [2.45, 2.75) is 54.4 Å². The Hall–Kier alpha value is 0.133. The molecule has 0 unspecified atom stereocenters. The molecule has 0 aliphatic heterocycles. The first-order valence-corrected chi connectivity index (χ1v) is 6.77. The van der Waals surface area contributed by atoms with Crippen molar-refractivity contribution in [3.05, 3.63) is 47.6 Å². The van der Waals surface area contributed by atoms with Gasteiger partial charge in [-0.3, -0.25) is 12.2 Å². The van der Waals surface area contributed by atoms with Crippen LogP contribution in [0.1, 0.15) is 54.4 Å². The van der Waals surface area contributed by atoms with Gasteiger partial charge in [-0.15, -0.1) is 25.2 Å². The molecule has 0 nitrogen and oxygen atoms in total. The Balaban J connectivity index is 0. The van der Waals surface area contributed by atoms with Crippen molar-refractivity contribution >= 4 is 12.4 Å². The molecule has 0 saturated carbocycles. The largest absolute Gasteiger partial charge is 2.00 e. The van der Waals surface area contributed by atoms with E-state index in [2.05, 4.69) is 78.0 Å². The van der Waals surface area contributed by atoms with Gasteiger partial charge in [-0.2, -0.15) is 12.2 Å². The van der Waals surface area contributed by atoms with E-state index in [0.717, 1.165) is 12.8 Å². The third-order valence-corrected chi connectivity index (χ3v) is 3.01. The van der Waals surface area contributed by atoms with Crippen molar-refractivity contribution in [2.75, 3.05) is 0 Å². The summed E-state index contributed by atoms with van der Waals surface area (Å²) < 4.78 is 0. The Labute approximate surface area is 151 Å². The fraction of sp³-hybridized carbons (Fsp3) is 0.556. The van der Waals surface area contributed by atoms with Gasteiger partial charge in [0.15, 0.2) is 0 Å². The van der Waals surface area contributed by atoms with E-state index in [1.165, 1.54) is 11.1 Å². The maximum Gasteiger partial charge on any atom is 2.00 e. The average Bonchev–Trinajstić information content (AvgIpc) is 2.91. The smallest absolute Gasteiger partial charge is 0.269 e. The monoisotopic (exact) mass is 368 g/mol. The van der Waals surface area contributed by atoms with Crippen LogP contribution in [-0.2, 0) is 26.2 Å². The number of halogens is 1. The molecule has 2 heteroatoms. The summed E-state index contributed by atoms with van der Waals surface area (Å²) in [5.74, 6) is 0. The summed E-state index contributed by atoms with van der Waals surface area (Å²) in [7, 11) is 0. The van der Waals surface area contributed by atoms with Gasteiger partial charge in [0.05, 0.1) is 0 Å². The van der Waals surface area contributed by atoms with Crippen molar-refractivity contribution < 1.29 is 26.2 Å². The minimum Gasteiger partial charge on any atom is -0.269 e. The van der Waals surface area contributed by atoms with Gasteiger partial charge in [0, 0.05) is 0 Å². The van der Waals surface area contributed by atoms with Crippen LogP contribution in [0.5, 0.6) is 0 Å². The van der Waals surface area contributed by atoms with Crippen LogP contribution in [0.3, 0.4) is 0 Å². The molecule has 0 atom stereocenters. The zero-order valence-electron chi connectivity index (χ0n) is 13.6. The quantitative estimate of drug-likeness (QED) is 0.469. The molecule has 2 aliphatic rings. The van der Waals surface area contributed by atoms with Crippen LogP contribution in [0, 0.1) is 23.0 Å². The van der Waals surface area contributed by atoms with Crippen LogP contribution >= 0.6 is 12.4 Å². The van der Waals surface area contributed by atoms with Crippen molar-refractivity contribution in [3.63, 3.8) is 0 Å². The molecule has 0 aromatic heterocycles. The van der Waals surface area contributed by atoms with Gasteiger partial charge in [-0.05, 0) is 10.8 Å². The Morgan fingerprint density at radius 2 is 1.05 bits per heavy atom. The van der Waals surface area contributed by atoms with Gasteiger partial charge in [0.2, 0.25) is 0 Å². The summed E-state index contributed by atoms with van der Waals surface area (Å²) in [6.45, 7) is 13.3. The van der Waals surface area contributed by atoms with Crippen LogP contribution in [-0.4, -0.2) is 0 Å². The Morgan fingerprint density at radius 3 is 1.15 bits per heavy atom. The van der Waals surface area contributed by atoms with Crippen molar-refractivity contribution in [1.29, 1.82) is 0 Å². The molecule has 0 saturated heterocycles. The van der Waals surface area contributed by atoms with E-state index < -0.39 is 0 Å². The summed E-state index contributed by atoms with van der Waals surface area (Å²) in [6.07, 6.45) is 17.3. The molecule has 0 aromatic carbocycles. The Kier molecular flexibility index (Phi) is 10.3. The molecule has 0 spiro atoms. The Morgan fingerprint density at radius 1 is 0.750 bits per heavy atom. The zero-order chi connectivity index (χ0) is 13.8. The Bertz CT molecular complexity index is 358. The summed E-state index contributed by atoms with van der Waals surface area (Å²) in [4.78, 5) is 0. The molecule has 0 amide bonds. The minimum absolute atomic E-state index is 0. The predicted molar refractivity (Wildman–Crippen MR) is 87.2 cm³/mol. The van der Waals surface area contributed by atoms with E-state index in [1.54, 1.807) is 0 Å². The molecule has 0 heterocycles. The van der Waals surface area contributed by atoms with Crippen molar-refractivity contribution in [1.82, 2.24) is 0 Å². The third kappa shape index (κ3) is 7.79. The summed E-state index contributed by atoms with van der Waals surface area (Å²) >= 11 is 0. The maximum absolute atomic E-state index is 3.30. The summed E-state index contributed by atoms with van der Waals surface area (Å²) in [5.41, 5.74) is 3.30.